The Morgan fingerprint density at radius 2 is 2.05 bits per heavy atom. The Morgan fingerprint density at radius 1 is 1.37 bits per heavy atom. The number of carbonyl (C=O) groups is 2. The summed E-state index contributed by atoms with van der Waals surface area (Å²) >= 11 is 0. The molecule has 1 fully saturated rings. The molecule has 2 atom stereocenters. The second-order valence-electron chi connectivity index (χ2n) is 5.12. The lowest BCUT2D eigenvalue weighted by Gasteiger charge is -2.26. The van der Waals surface area contributed by atoms with E-state index in [4.69, 9.17) is 0 Å². The number of carbonyl (C=O) groups excluding carboxylic acids is 1. The molecular weight excluding hydrogens is 242 g/mol. The number of carboxylic acid groups (broad SMARTS) is 1. The summed E-state index contributed by atoms with van der Waals surface area (Å²) in [5.41, 5.74) is 3.21. The first kappa shape index (κ1) is 13.6. The number of aryl methyl sites for hydroxylation is 2. The molecule has 0 radical (unpaired) electrons. The van der Waals surface area contributed by atoms with Crippen LogP contribution in [0.5, 0.6) is 0 Å². The Bertz CT molecular complexity index is 524. The lowest BCUT2D eigenvalue weighted by molar-refractivity contribution is -0.142. The van der Waals surface area contributed by atoms with E-state index in [2.05, 4.69) is 0 Å². The Labute approximate surface area is 113 Å². The van der Waals surface area contributed by atoms with Crippen LogP contribution in [0.3, 0.4) is 0 Å². The summed E-state index contributed by atoms with van der Waals surface area (Å²) in [6, 6.07) is 5.58. The molecule has 1 saturated heterocycles. The second kappa shape index (κ2) is 5.03. The number of benzene rings is 1. The number of likely N-dealkylation sites (tertiary alicyclic amines) is 1. The molecule has 0 spiro atoms. The highest BCUT2D eigenvalue weighted by atomic mass is 16.4. The number of hydrogen-bond donors (Lipinski definition) is 1. The summed E-state index contributed by atoms with van der Waals surface area (Å²) in [6.07, 6.45) is 0.0980. The minimum absolute atomic E-state index is 0.0712. The predicted octanol–water partition coefficient (Wildman–Crippen LogP) is 2.30. The minimum atomic E-state index is -0.896. The van der Waals surface area contributed by atoms with Gasteiger partial charge >= 0.3 is 5.97 Å². The molecule has 4 heteroatoms. The molecule has 1 aliphatic rings. The van der Waals surface area contributed by atoms with Crippen LogP contribution in [0.4, 0.5) is 0 Å². The zero-order chi connectivity index (χ0) is 14.2. The molecule has 0 aliphatic carbocycles. The topological polar surface area (TPSA) is 57.6 Å². The van der Waals surface area contributed by atoms with Crippen molar-refractivity contribution in [2.24, 2.45) is 5.92 Å². The van der Waals surface area contributed by atoms with Crippen LogP contribution in [-0.4, -0.2) is 28.4 Å². The molecule has 0 bridgehead atoms. The van der Waals surface area contributed by atoms with E-state index in [0.29, 0.717) is 6.54 Å². The van der Waals surface area contributed by atoms with E-state index in [0.717, 1.165) is 11.1 Å². The summed E-state index contributed by atoms with van der Waals surface area (Å²) in [5.74, 6) is -1.61. The van der Waals surface area contributed by atoms with Gasteiger partial charge in [0.2, 0.25) is 5.91 Å². The normalized spacial score (nSPS) is 22.9. The first-order valence-electron chi connectivity index (χ1n) is 6.55. The number of hydrogen-bond acceptors (Lipinski definition) is 2. The van der Waals surface area contributed by atoms with E-state index in [1.54, 1.807) is 4.90 Å². The van der Waals surface area contributed by atoms with Crippen molar-refractivity contribution in [2.45, 2.75) is 33.2 Å². The fourth-order valence-corrected chi connectivity index (χ4v) is 2.75. The number of amides is 1. The number of carboxylic acids is 1. The van der Waals surface area contributed by atoms with Crippen molar-refractivity contribution in [1.29, 1.82) is 0 Å². The predicted molar refractivity (Wildman–Crippen MR) is 71.8 cm³/mol. The number of aliphatic carboxylic acids is 1. The van der Waals surface area contributed by atoms with Gasteiger partial charge in [-0.05, 0) is 37.5 Å². The average Bonchev–Trinajstić information content (AvgIpc) is 2.69. The van der Waals surface area contributed by atoms with Crippen molar-refractivity contribution < 1.29 is 14.7 Å². The van der Waals surface area contributed by atoms with E-state index in [1.807, 2.05) is 39.0 Å². The van der Waals surface area contributed by atoms with Crippen LogP contribution in [-0.2, 0) is 9.59 Å². The highest BCUT2D eigenvalue weighted by Gasteiger charge is 2.43. The first-order valence-corrected chi connectivity index (χ1v) is 6.55. The molecule has 2 rings (SSSR count). The molecule has 0 saturated carbocycles. The van der Waals surface area contributed by atoms with Crippen LogP contribution in [0.2, 0.25) is 0 Å². The molecule has 1 N–H and O–H groups in total. The summed E-state index contributed by atoms with van der Waals surface area (Å²) in [6.45, 7) is 6.45. The highest BCUT2D eigenvalue weighted by Crippen LogP contribution is 2.38. The molecule has 1 aromatic carbocycles. The van der Waals surface area contributed by atoms with Crippen LogP contribution in [0.15, 0.2) is 18.2 Å². The first-order chi connectivity index (χ1) is 8.95. The van der Waals surface area contributed by atoms with Crippen molar-refractivity contribution >= 4 is 11.9 Å². The smallest absolute Gasteiger partial charge is 0.309 e. The second-order valence-corrected chi connectivity index (χ2v) is 5.12. The van der Waals surface area contributed by atoms with Crippen molar-refractivity contribution in [3.63, 3.8) is 0 Å². The van der Waals surface area contributed by atoms with Gasteiger partial charge in [0.1, 0.15) is 0 Å². The third kappa shape index (κ3) is 2.35. The van der Waals surface area contributed by atoms with Crippen LogP contribution in [0, 0.1) is 19.8 Å². The van der Waals surface area contributed by atoms with Gasteiger partial charge < -0.3 is 10.0 Å². The summed E-state index contributed by atoms with van der Waals surface area (Å²) in [5, 5.41) is 9.32. The summed E-state index contributed by atoms with van der Waals surface area (Å²) in [4.78, 5) is 25.0. The van der Waals surface area contributed by atoms with Crippen molar-refractivity contribution in [3.05, 3.63) is 34.9 Å². The minimum Gasteiger partial charge on any atom is -0.481 e. The third-order valence-electron chi connectivity index (χ3n) is 3.96. The average molecular weight is 261 g/mol. The maximum absolute atomic E-state index is 11.9. The van der Waals surface area contributed by atoms with Gasteiger partial charge in [0, 0.05) is 13.0 Å². The standard InChI is InChI=1S/C15H19NO3/c1-4-16-13(17)8-12(15(18)19)14(16)11-6-5-9(2)10(3)7-11/h5-7,12,14H,4,8H2,1-3H3,(H,18,19). The quantitative estimate of drug-likeness (QED) is 0.908. The van der Waals surface area contributed by atoms with Gasteiger partial charge in [0.15, 0.2) is 0 Å². The number of nitrogens with zero attached hydrogens (tertiary/aromatic N) is 1. The lowest BCUT2D eigenvalue weighted by Crippen LogP contribution is -2.30. The third-order valence-corrected chi connectivity index (χ3v) is 3.96. The largest absolute Gasteiger partial charge is 0.481 e. The van der Waals surface area contributed by atoms with Crippen molar-refractivity contribution in [2.75, 3.05) is 6.54 Å². The van der Waals surface area contributed by atoms with E-state index < -0.39 is 11.9 Å². The van der Waals surface area contributed by atoms with Crippen LogP contribution in [0.1, 0.15) is 36.1 Å². The van der Waals surface area contributed by atoms with Crippen LogP contribution >= 0.6 is 0 Å². The van der Waals surface area contributed by atoms with Gasteiger partial charge in [0.05, 0.1) is 12.0 Å². The molecule has 1 amide bonds. The van der Waals surface area contributed by atoms with E-state index in [-0.39, 0.29) is 18.4 Å². The molecule has 1 heterocycles. The summed E-state index contributed by atoms with van der Waals surface area (Å²) < 4.78 is 0. The fraction of sp³-hybridized carbons (Fsp3) is 0.467. The zero-order valence-electron chi connectivity index (χ0n) is 11.5. The van der Waals surface area contributed by atoms with Gasteiger partial charge in [0.25, 0.3) is 0 Å². The van der Waals surface area contributed by atoms with Crippen molar-refractivity contribution in [1.82, 2.24) is 4.90 Å². The van der Waals surface area contributed by atoms with Gasteiger partial charge in [-0.15, -0.1) is 0 Å². The van der Waals surface area contributed by atoms with Crippen molar-refractivity contribution in [3.8, 4) is 0 Å². The van der Waals surface area contributed by atoms with Crippen LogP contribution < -0.4 is 0 Å². The van der Waals surface area contributed by atoms with Gasteiger partial charge in [-0.3, -0.25) is 9.59 Å². The highest BCUT2D eigenvalue weighted by molar-refractivity contribution is 5.87. The Balaban J connectivity index is 2.45. The molecular formula is C15H19NO3. The monoisotopic (exact) mass is 261 g/mol. The van der Waals surface area contributed by atoms with E-state index in [9.17, 15) is 14.7 Å². The van der Waals surface area contributed by atoms with Gasteiger partial charge in [-0.25, -0.2) is 0 Å². The van der Waals surface area contributed by atoms with E-state index >= 15 is 0 Å². The molecule has 2 unspecified atom stereocenters. The lowest BCUT2D eigenvalue weighted by atomic mass is 9.92. The molecule has 102 valence electrons. The SMILES string of the molecule is CCN1C(=O)CC(C(=O)O)C1c1ccc(C)c(C)c1. The fourth-order valence-electron chi connectivity index (χ4n) is 2.75. The molecule has 1 aromatic rings. The van der Waals surface area contributed by atoms with Crippen LogP contribution in [0.25, 0.3) is 0 Å². The molecule has 0 aromatic heterocycles. The number of rotatable bonds is 3. The van der Waals surface area contributed by atoms with Gasteiger partial charge in [-0.1, -0.05) is 18.2 Å². The zero-order valence-corrected chi connectivity index (χ0v) is 11.5. The van der Waals surface area contributed by atoms with Gasteiger partial charge in [-0.2, -0.15) is 0 Å². The Kier molecular flexibility index (Phi) is 3.60. The Hall–Kier alpha value is -1.84. The molecule has 1 aliphatic heterocycles. The molecule has 19 heavy (non-hydrogen) atoms. The molecule has 4 nitrogen and oxygen atoms in total. The van der Waals surface area contributed by atoms with E-state index in [1.165, 1.54) is 5.56 Å². The maximum Gasteiger partial charge on any atom is 0.309 e. The maximum atomic E-state index is 11.9. The summed E-state index contributed by atoms with van der Waals surface area (Å²) in [7, 11) is 0. The Morgan fingerprint density at radius 3 is 2.58 bits per heavy atom.